The Balaban J connectivity index is 1.59. The average Bonchev–Trinajstić information content (AvgIpc) is 3.18. The molecule has 6 rings (SSSR count). The Morgan fingerprint density at radius 1 is 0.634 bits per heavy atom. The molecule has 2 aliphatic heterocycles. The van der Waals surface area contributed by atoms with Crippen LogP contribution in [-0.2, 0) is 14.9 Å². The number of benzene rings is 4. The van der Waals surface area contributed by atoms with Crippen molar-refractivity contribution in [2.75, 3.05) is 0 Å². The fraction of sp³-hybridized carbons (Fsp3) is 0.257. The summed E-state index contributed by atoms with van der Waals surface area (Å²) in [5.74, 6) is 0.788. The first-order chi connectivity index (χ1) is 19.4. The summed E-state index contributed by atoms with van der Waals surface area (Å²) >= 11 is 0. The lowest BCUT2D eigenvalue weighted by atomic mass is 9.75. The summed E-state index contributed by atoms with van der Waals surface area (Å²) in [4.78, 5) is 0. The molecule has 41 heavy (non-hydrogen) atoms. The Morgan fingerprint density at radius 3 is 1.93 bits per heavy atom. The summed E-state index contributed by atoms with van der Waals surface area (Å²) in [5.41, 5.74) is 7.60. The van der Waals surface area contributed by atoms with Crippen LogP contribution in [0.3, 0.4) is 0 Å². The lowest BCUT2D eigenvalue weighted by Gasteiger charge is -2.36. The molecule has 0 atom stereocenters. The molecule has 2 aliphatic rings. The summed E-state index contributed by atoms with van der Waals surface area (Å²) in [7, 11) is -0.519. The van der Waals surface area contributed by atoms with Crippen LogP contribution in [0, 0.1) is 22.7 Å². The van der Waals surface area contributed by atoms with Crippen LogP contribution in [0.15, 0.2) is 78.9 Å². The second-order valence-corrected chi connectivity index (χ2v) is 12.2. The van der Waals surface area contributed by atoms with Crippen molar-refractivity contribution in [3.63, 3.8) is 0 Å². The summed E-state index contributed by atoms with van der Waals surface area (Å²) in [6.07, 6.45) is 0. The zero-order valence-corrected chi connectivity index (χ0v) is 24.2. The molecule has 0 amide bonds. The number of rotatable bonds is 3. The molecule has 1 saturated heterocycles. The smallest absolute Gasteiger partial charge is 0.482 e. The van der Waals surface area contributed by atoms with Crippen molar-refractivity contribution in [2.45, 2.75) is 58.3 Å². The van der Waals surface area contributed by atoms with Gasteiger partial charge in [0.05, 0.1) is 34.5 Å². The highest BCUT2D eigenvalue weighted by Crippen LogP contribution is 2.50. The van der Waals surface area contributed by atoms with E-state index in [0.29, 0.717) is 11.1 Å². The summed E-state index contributed by atoms with van der Waals surface area (Å²) in [6, 6.07) is 30.4. The van der Waals surface area contributed by atoms with Crippen molar-refractivity contribution < 1.29 is 14.0 Å². The third-order valence-electron chi connectivity index (χ3n) is 8.64. The fourth-order valence-electron chi connectivity index (χ4n) is 5.66. The first kappa shape index (κ1) is 26.8. The summed E-state index contributed by atoms with van der Waals surface area (Å²) in [5, 5.41) is 19.0. The molecule has 202 valence electrons. The normalized spacial score (nSPS) is 17.5. The molecule has 4 aromatic rings. The first-order valence-electron chi connectivity index (χ1n) is 13.8. The molecule has 2 heterocycles. The second kappa shape index (κ2) is 9.35. The van der Waals surface area contributed by atoms with Crippen molar-refractivity contribution in [1.82, 2.24) is 0 Å². The van der Waals surface area contributed by atoms with Gasteiger partial charge in [0.15, 0.2) is 0 Å². The molecule has 4 aromatic carbocycles. The molecule has 0 aromatic heterocycles. The van der Waals surface area contributed by atoms with Crippen molar-refractivity contribution >= 4 is 12.6 Å². The van der Waals surface area contributed by atoms with Crippen LogP contribution in [0.2, 0.25) is 0 Å². The van der Waals surface area contributed by atoms with Gasteiger partial charge < -0.3 is 14.0 Å². The van der Waals surface area contributed by atoms with Gasteiger partial charge >= 0.3 is 7.12 Å². The Morgan fingerprint density at radius 2 is 1.27 bits per heavy atom. The maximum absolute atomic E-state index is 9.61. The maximum Gasteiger partial charge on any atom is 0.494 e. The third kappa shape index (κ3) is 4.41. The Kier molecular flexibility index (Phi) is 6.12. The van der Waals surface area contributed by atoms with E-state index in [2.05, 4.69) is 64.1 Å². The molecule has 0 aliphatic carbocycles. The highest BCUT2D eigenvalue weighted by atomic mass is 16.7. The van der Waals surface area contributed by atoms with Crippen LogP contribution in [0.25, 0.3) is 33.4 Å². The molecular weight excluding hydrogens is 507 g/mol. The van der Waals surface area contributed by atoms with Gasteiger partial charge in [0.2, 0.25) is 0 Å². The monoisotopic (exact) mass is 538 g/mol. The van der Waals surface area contributed by atoms with Gasteiger partial charge in [-0.1, -0.05) is 48.5 Å². The predicted octanol–water partition coefficient (Wildman–Crippen LogP) is 7.36. The van der Waals surface area contributed by atoms with Crippen LogP contribution in [-0.4, -0.2) is 18.3 Å². The van der Waals surface area contributed by atoms with Crippen LogP contribution in [0.1, 0.15) is 58.2 Å². The van der Waals surface area contributed by atoms with Gasteiger partial charge in [-0.25, -0.2) is 0 Å². The third-order valence-corrected chi connectivity index (χ3v) is 8.64. The lowest BCUT2D eigenvalue weighted by Crippen LogP contribution is -2.41. The SMILES string of the molecule is CC1(C)Oc2cccc(-c3cc(B4OC(C)(C)C(C)(C)O4)ccc3-c3ccc(C#N)cc3)c2-c2ccc(C#N)cc21. The lowest BCUT2D eigenvalue weighted by molar-refractivity contribution is 0.00578. The van der Waals surface area contributed by atoms with Gasteiger partial charge in [-0.2, -0.15) is 10.5 Å². The fourth-order valence-corrected chi connectivity index (χ4v) is 5.66. The van der Waals surface area contributed by atoms with Crippen LogP contribution < -0.4 is 10.2 Å². The van der Waals surface area contributed by atoms with Crippen molar-refractivity contribution in [3.8, 4) is 51.3 Å². The quantitative estimate of drug-likeness (QED) is 0.255. The van der Waals surface area contributed by atoms with Gasteiger partial charge in [-0.15, -0.1) is 0 Å². The van der Waals surface area contributed by atoms with Gasteiger partial charge in [-0.3, -0.25) is 0 Å². The van der Waals surface area contributed by atoms with Gasteiger partial charge in [-0.05, 0) is 105 Å². The van der Waals surface area contributed by atoms with E-state index in [0.717, 1.165) is 50.2 Å². The van der Waals surface area contributed by atoms with E-state index in [-0.39, 0.29) is 0 Å². The molecule has 6 heteroatoms. The second-order valence-electron chi connectivity index (χ2n) is 12.2. The van der Waals surface area contributed by atoms with E-state index in [1.165, 1.54) is 0 Å². The Bertz CT molecular complexity index is 1760. The van der Waals surface area contributed by atoms with E-state index in [4.69, 9.17) is 14.0 Å². The minimum Gasteiger partial charge on any atom is -0.482 e. The predicted molar refractivity (Wildman–Crippen MR) is 162 cm³/mol. The van der Waals surface area contributed by atoms with Crippen molar-refractivity contribution in [1.29, 1.82) is 10.5 Å². The molecule has 1 fully saturated rings. The van der Waals surface area contributed by atoms with Crippen LogP contribution >= 0.6 is 0 Å². The summed E-state index contributed by atoms with van der Waals surface area (Å²) < 4.78 is 19.4. The standard InChI is InChI=1S/C35H31BN2O3/c1-33(2)30-18-23(21-38)12-16-28(30)32-27(8-7-9-31(32)39-33)29-19-25(36-40-34(3,4)35(5,6)41-36)15-17-26(29)24-13-10-22(20-37)11-14-24/h7-19H,1-6H3. The number of fused-ring (bicyclic) bond motifs is 3. The largest absolute Gasteiger partial charge is 0.494 e. The van der Waals surface area contributed by atoms with Gasteiger partial charge in [0.1, 0.15) is 11.4 Å². The van der Waals surface area contributed by atoms with E-state index in [1.807, 2.05) is 68.4 Å². The van der Waals surface area contributed by atoms with E-state index < -0.39 is 23.9 Å². The van der Waals surface area contributed by atoms with E-state index in [9.17, 15) is 10.5 Å². The van der Waals surface area contributed by atoms with E-state index in [1.54, 1.807) is 0 Å². The minimum atomic E-state index is -0.603. The van der Waals surface area contributed by atoms with Gasteiger partial charge in [0.25, 0.3) is 0 Å². The topological polar surface area (TPSA) is 75.3 Å². The molecule has 0 N–H and O–H groups in total. The van der Waals surface area contributed by atoms with Crippen LogP contribution in [0.5, 0.6) is 5.75 Å². The number of hydrogen-bond acceptors (Lipinski definition) is 5. The molecule has 0 unspecified atom stereocenters. The van der Waals surface area contributed by atoms with E-state index >= 15 is 0 Å². The zero-order chi connectivity index (χ0) is 29.2. The average molecular weight is 538 g/mol. The maximum atomic E-state index is 9.61. The number of nitriles is 2. The zero-order valence-electron chi connectivity index (χ0n) is 24.2. The Labute approximate surface area is 242 Å². The van der Waals surface area contributed by atoms with Crippen molar-refractivity contribution in [3.05, 3.63) is 95.6 Å². The Hall–Kier alpha value is -4.36. The summed E-state index contributed by atoms with van der Waals surface area (Å²) in [6.45, 7) is 12.3. The number of hydrogen-bond donors (Lipinski definition) is 0. The molecule has 0 bridgehead atoms. The van der Waals surface area contributed by atoms with Crippen LogP contribution in [0.4, 0.5) is 0 Å². The molecule has 0 saturated carbocycles. The highest BCUT2D eigenvalue weighted by molar-refractivity contribution is 6.62. The van der Waals surface area contributed by atoms with Gasteiger partial charge in [0, 0.05) is 11.1 Å². The molecule has 0 radical (unpaired) electrons. The minimum absolute atomic E-state index is 0.466. The molecule has 0 spiro atoms. The highest BCUT2D eigenvalue weighted by Gasteiger charge is 2.51. The molecule has 5 nitrogen and oxygen atoms in total. The molecular formula is C35H31BN2O3. The van der Waals surface area contributed by atoms with Crippen molar-refractivity contribution in [2.24, 2.45) is 0 Å². The number of ether oxygens (including phenoxy) is 1. The first-order valence-corrected chi connectivity index (χ1v) is 13.8. The number of nitrogens with zero attached hydrogens (tertiary/aromatic N) is 2.